The molecule has 0 saturated heterocycles. The van der Waals surface area contributed by atoms with E-state index in [0.29, 0.717) is 12.5 Å². The van der Waals surface area contributed by atoms with Crippen molar-refractivity contribution in [3.05, 3.63) is 29.6 Å². The summed E-state index contributed by atoms with van der Waals surface area (Å²) in [5.41, 5.74) is 0.0461. The van der Waals surface area contributed by atoms with Crippen molar-refractivity contribution in [3.8, 4) is 5.75 Å². The number of hydrogen-bond acceptors (Lipinski definition) is 2. The van der Waals surface area contributed by atoms with Gasteiger partial charge in [0.25, 0.3) is 5.91 Å². The van der Waals surface area contributed by atoms with Gasteiger partial charge >= 0.3 is 0 Å². The van der Waals surface area contributed by atoms with E-state index in [1.54, 1.807) is 0 Å². The summed E-state index contributed by atoms with van der Waals surface area (Å²) in [5, 5.41) is 11.9. The molecule has 0 heterocycles. The van der Waals surface area contributed by atoms with Gasteiger partial charge in [-0.2, -0.15) is 0 Å². The van der Waals surface area contributed by atoms with E-state index in [1.807, 2.05) is 13.8 Å². The average Bonchev–Trinajstić information content (AvgIpc) is 2.25. The first-order valence-corrected chi connectivity index (χ1v) is 6.24. The van der Waals surface area contributed by atoms with Crippen LogP contribution in [0.5, 0.6) is 5.75 Å². The summed E-state index contributed by atoms with van der Waals surface area (Å²) in [5.74, 6) is -0.966. The van der Waals surface area contributed by atoms with Crippen LogP contribution in [0.2, 0.25) is 0 Å². The van der Waals surface area contributed by atoms with Gasteiger partial charge in [0.2, 0.25) is 0 Å². The zero-order chi connectivity index (χ0) is 13.7. The van der Waals surface area contributed by atoms with Crippen LogP contribution >= 0.6 is 11.6 Å². The lowest BCUT2D eigenvalue weighted by Crippen LogP contribution is -2.30. The predicted molar refractivity (Wildman–Crippen MR) is 69.5 cm³/mol. The number of carbonyl (C=O) groups excluding carboxylic acids is 1. The Kier molecular flexibility index (Phi) is 5.41. The number of nitrogens with one attached hydrogen (secondary N) is 1. The van der Waals surface area contributed by atoms with Crippen molar-refractivity contribution in [3.63, 3.8) is 0 Å². The summed E-state index contributed by atoms with van der Waals surface area (Å²) in [7, 11) is 0. The Morgan fingerprint density at radius 2 is 2.17 bits per heavy atom. The fourth-order valence-electron chi connectivity index (χ4n) is 1.59. The maximum atomic E-state index is 12.8. The van der Waals surface area contributed by atoms with Crippen molar-refractivity contribution in [1.82, 2.24) is 5.32 Å². The van der Waals surface area contributed by atoms with Crippen LogP contribution in [0.3, 0.4) is 0 Å². The van der Waals surface area contributed by atoms with Crippen LogP contribution in [0.15, 0.2) is 18.2 Å². The van der Waals surface area contributed by atoms with Gasteiger partial charge in [0.1, 0.15) is 11.6 Å². The maximum Gasteiger partial charge on any atom is 0.255 e. The second-order valence-electron chi connectivity index (χ2n) is 4.60. The summed E-state index contributed by atoms with van der Waals surface area (Å²) < 4.78 is 12.8. The number of rotatable bonds is 5. The second kappa shape index (κ2) is 6.59. The number of phenolic OH excluding ortho intramolecular Hbond substituents is 1. The van der Waals surface area contributed by atoms with Crippen LogP contribution in [0, 0.1) is 11.7 Å². The molecule has 0 saturated carbocycles. The van der Waals surface area contributed by atoms with E-state index in [1.165, 1.54) is 6.07 Å². The molecule has 0 bridgehead atoms. The largest absolute Gasteiger partial charge is 0.507 e. The van der Waals surface area contributed by atoms with Crippen molar-refractivity contribution in [2.45, 2.75) is 25.6 Å². The molecular weight excluding hydrogens is 257 g/mol. The highest BCUT2D eigenvalue weighted by Crippen LogP contribution is 2.18. The Labute approximate surface area is 111 Å². The first-order valence-electron chi connectivity index (χ1n) is 5.81. The molecule has 1 atom stereocenters. The first-order chi connectivity index (χ1) is 8.40. The Morgan fingerprint density at radius 3 is 2.72 bits per heavy atom. The lowest BCUT2D eigenvalue weighted by Gasteiger charge is -2.13. The number of aromatic hydroxyl groups is 1. The number of halogens is 2. The fourth-order valence-corrected chi connectivity index (χ4v) is 2.02. The van der Waals surface area contributed by atoms with Gasteiger partial charge < -0.3 is 10.4 Å². The van der Waals surface area contributed by atoms with Crippen molar-refractivity contribution in [1.29, 1.82) is 0 Å². The number of hydrogen-bond donors (Lipinski definition) is 2. The zero-order valence-corrected chi connectivity index (χ0v) is 11.2. The zero-order valence-electron chi connectivity index (χ0n) is 10.4. The van der Waals surface area contributed by atoms with E-state index in [-0.39, 0.29) is 16.7 Å². The average molecular weight is 274 g/mol. The number of benzene rings is 1. The molecule has 1 unspecified atom stereocenters. The van der Waals surface area contributed by atoms with Crippen molar-refractivity contribution in [2.75, 3.05) is 6.54 Å². The van der Waals surface area contributed by atoms with Crippen LogP contribution in [0.25, 0.3) is 0 Å². The molecule has 2 N–H and O–H groups in total. The summed E-state index contributed by atoms with van der Waals surface area (Å²) in [6.07, 6.45) is 0.789. The second-order valence-corrected chi connectivity index (χ2v) is 5.22. The Balaban J connectivity index is 2.55. The number of alkyl halides is 1. The van der Waals surface area contributed by atoms with Crippen molar-refractivity contribution in [2.24, 2.45) is 5.92 Å². The summed E-state index contributed by atoms with van der Waals surface area (Å²) >= 11 is 6.04. The highest BCUT2D eigenvalue weighted by atomic mass is 35.5. The lowest BCUT2D eigenvalue weighted by molar-refractivity contribution is 0.0950. The molecule has 0 aromatic heterocycles. The lowest BCUT2D eigenvalue weighted by atomic mass is 10.1. The molecule has 1 aromatic rings. The summed E-state index contributed by atoms with van der Waals surface area (Å²) in [6.45, 7) is 4.40. The van der Waals surface area contributed by atoms with Crippen LogP contribution in [0.1, 0.15) is 30.6 Å². The van der Waals surface area contributed by atoms with E-state index in [4.69, 9.17) is 11.6 Å². The first kappa shape index (κ1) is 14.8. The third-order valence-corrected chi connectivity index (χ3v) is 2.75. The molecule has 5 heteroatoms. The normalized spacial score (nSPS) is 12.5. The van der Waals surface area contributed by atoms with Crippen molar-refractivity contribution < 1.29 is 14.3 Å². The van der Waals surface area contributed by atoms with E-state index in [2.05, 4.69) is 5.32 Å². The molecule has 1 aromatic carbocycles. The van der Waals surface area contributed by atoms with Crippen LogP contribution in [-0.2, 0) is 0 Å². The fraction of sp³-hybridized carbons (Fsp3) is 0.462. The quantitative estimate of drug-likeness (QED) is 0.811. The van der Waals surface area contributed by atoms with E-state index < -0.39 is 11.7 Å². The molecule has 1 amide bonds. The number of carbonyl (C=O) groups is 1. The van der Waals surface area contributed by atoms with Crippen molar-refractivity contribution >= 4 is 17.5 Å². The van der Waals surface area contributed by atoms with Gasteiger partial charge in [-0.25, -0.2) is 4.39 Å². The molecule has 3 nitrogen and oxygen atoms in total. The van der Waals surface area contributed by atoms with Gasteiger partial charge in [-0.15, -0.1) is 11.6 Å². The van der Waals surface area contributed by atoms with Gasteiger partial charge in [-0.3, -0.25) is 4.79 Å². The highest BCUT2D eigenvalue weighted by molar-refractivity contribution is 6.21. The SMILES string of the molecule is CC(C)CC(Cl)CNC(=O)c1ccc(F)cc1O. The highest BCUT2D eigenvalue weighted by Gasteiger charge is 2.14. The van der Waals surface area contributed by atoms with E-state index in [9.17, 15) is 14.3 Å². The molecule has 0 radical (unpaired) electrons. The molecule has 0 aliphatic rings. The molecule has 1 rings (SSSR count). The Hall–Kier alpha value is -1.29. The van der Waals surface area contributed by atoms with Gasteiger partial charge in [0.15, 0.2) is 0 Å². The molecule has 0 aliphatic heterocycles. The molecular formula is C13H17ClFNO2. The summed E-state index contributed by atoms with van der Waals surface area (Å²) in [6, 6.07) is 3.27. The molecule has 18 heavy (non-hydrogen) atoms. The van der Waals surface area contributed by atoms with Crippen LogP contribution in [0.4, 0.5) is 4.39 Å². The van der Waals surface area contributed by atoms with Gasteiger partial charge in [0.05, 0.1) is 10.9 Å². The molecule has 0 fully saturated rings. The Morgan fingerprint density at radius 1 is 1.50 bits per heavy atom. The Bertz CT molecular complexity index is 423. The monoisotopic (exact) mass is 273 g/mol. The van der Waals surface area contributed by atoms with Gasteiger partial charge in [0, 0.05) is 12.6 Å². The minimum absolute atomic E-state index is 0.0461. The third kappa shape index (κ3) is 4.53. The molecule has 0 spiro atoms. The minimum atomic E-state index is -0.584. The van der Waals surface area contributed by atoms with E-state index in [0.717, 1.165) is 18.6 Å². The minimum Gasteiger partial charge on any atom is -0.507 e. The van der Waals surface area contributed by atoms with E-state index >= 15 is 0 Å². The van der Waals surface area contributed by atoms with Crippen LogP contribution < -0.4 is 5.32 Å². The predicted octanol–water partition coefficient (Wildman–Crippen LogP) is 2.91. The standard InChI is InChI=1S/C13H17ClFNO2/c1-8(2)5-9(14)7-16-13(18)11-4-3-10(15)6-12(11)17/h3-4,6,8-9,17H,5,7H2,1-2H3,(H,16,18). The topological polar surface area (TPSA) is 49.3 Å². The molecule has 0 aliphatic carbocycles. The smallest absolute Gasteiger partial charge is 0.255 e. The third-order valence-electron chi connectivity index (χ3n) is 2.42. The van der Waals surface area contributed by atoms with Crippen LogP contribution in [-0.4, -0.2) is 22.9 Å². The maximum absolute atomic E-state index is 12.8. The molecule has 100 valence electrons. The number of amides is 1. The summed E-state index contributed by atoms with van der Waals surface area (Å²) in [4.78, 5) is 11.7. The number of phenols is 1. The van der Waals surface area contributed by atoms with Gasteiger partial charge in [-0.1, -0.05) is 13.8 Å². The van der Waals surface area contributed by atoms with Gasteiger partial charge in [-0.05, 0) is 24.5 Å².